The van der Waals surface area contributed by atoms with E-state index in [0.717, 1.165) is 12.8 Å². The first-order valence-corrected chi connectivity index (χ1v) is 7.33. The summed E-state index contributed by atoms with van der Waals surface area (Å²) in [4.78, 5) is 10.8. The highest BCUT2D eigenvalue weighted by atomic mass is 33.1. The fraction of sp³-hybridized carbons (Fsp3) is 0.875. The molecule has 5 heteroatoms. The molecule has 13 heavy (non-hydrogen) atoms. The third-order valence-electron chi connectivity index (χ3n) is 2.24. The van der Waals surface area contributed by atoms with Crippen molar-refractivity contribution >= 4 is 27.7 Å². The molecule has 0 radical (unpaired) electrons. The van der Waals surface area contributed by atoms with Crippen LogP contribution >= 0.6 is 21.8 Å². The molecule has 1 atom stereocenters. The molecule has 1 fully saturated rings. The Balaban J connectivity index is 2.26. The summed E-state index contributed by atoms with van der Waals surface area (Å²) in [5, 5.41) is 2.96. The molecule has 0 spiro atoms. The summed E-state index contributed by atoms with van der Waals surface area (Å²) in [6.45, 7) is 3.65. The van der Waals surface area contributed by atoms with Crippen molar-refractivity contribution in [1.82, 2.24) is 10.0 Å². The van der Waals surface area contributed by atoms with E-state index in [1.54, 1.807) is 6.92 Å². The highest BCUT2D eigenvalue weighted by Crippen LogP contribution is 2.35. The minimum Gasteiger partial charge on any atom is -0.351 e. The molecule has 0 heterocycles. The molecule has 0 saturated heterocycles. The van der Waals surface area contributed by atoms with E-state index in [4.69, 9.17) is 0 Å². The summed E-state index contributed by atoms with van der Waals surface area (Å²) in [7, 11) is -0.324. The van der Waals surface area contributed by atoms with Crippen molar-refractivity contribution in [2.45, 2.75) is 38.3 Å². The fourth-order valence-electron chi connectivity index (χ4n) is 1.91. The normalized spacial score (nSPS) is 36.3. The van der Waals surface area contributed by atoms with Gasteiger partial charge in [-0.3, -0.25) is 9.52 Å². The van der Waals surface area contributed by atoms with Crippen molar-refractivity contribution in [2.75, 3.05) is 6.26 Å². The Kier molecular flexibility index (Phi) is 3.54. The Morgan fingerprint density at radius 2 is 2.15 bits per heavy atom. The Bertz CT molecular complexity index is 202. The van der Waals surface area contributed by atoms with Gasteiger partial charge in [-0.2, -0.15) is 10.1 Å². The topological polar surface area (TPSA) is 41.1 Å². The smallest absolute Gasteiger partial charge is 0.217 e. The van der Waals surface area contributed by atoms with Gasteiger partial charge in [0.2, 0.25) is 5.91 Å². The van der Waals surface area contributed by atoms with Crippen LogP contribution in [-0.4, -0.2) is 23.7 Å². The minimum atomic E-state index is -0.324. The molecular weight excluding hydrogens is 204 g/mol. The lowest BCUT2D eigenvalue weighted by Gasteiger charge is -2.46. The Hall–Kier alpha value is 0.130. The number of hydrogen-bond acceptors (Lipinski definition) is 3. The van der Waals surface area contributed by atoms with Gasteiger partial charge < -0.3 is 5.32 Å². The highest BCUT2D eigenvalue weighted by molar-refractivity contribution is 8.77. The van der Waals surface area contributed by atoms with E-state index < -0.39 is 0 Å². The summed E-state index contributed by atoms with van der Waals surface area (Å²) >= 11 is 4.32. The Morgan fingerprint density at radius 1 is 1.62 bits per heavy atom. The summed E-state index contributed by atoms with van der Waals surface area (Å²) in [6.07, 6.45) is 4.10. The Morgan fingerprint density at radius 3 is 2.54 bits per heavy atom. The van der Waals surface area contributed by atoms with Gasteiger partial charge in [-0.1, -0.05) is 0 Å². The Labute approximate surface area is 87.3 Å². The number of nitrogens with one attached hydrogen (secondary N) is 2. The van der Waals surface area contributed by atoms with Gasteiger partial charge >= 0.3 is 0 Å². The van der Waals surface area contributed by atoms with E-state index in [0.29, 0.717) is 6.04 Å². The van der Waals surface area contributed by atoms with E-state index in [-0.39, 0.29) is 21.6 Å². The molecule has 0 bridgehead atoms. The first-order chi connectivity index (χ1) is 5.91. The van der Waals surface area contributed by atoms with Crippen molar-refractivity contribution in [3.63, 3.8) is 0 Å². The zero-order chi connectivity index (χ0) is 10.1. The molecule has 1 aliphatic rings. The van der Waals surface area contributed by atoms with Gasteiger partial charge in [0.15, 0.2) is 0 Å². The van der Waals surface area contributed by atoms with Gasteiger partial charge in [-0.25, -0.2) is 0 Å². The van der Waals surface area contributed by atoms with Crippen molar-refractivity contribution in [2.24, 2.45) is 0 Å². The van der Waals surface area contributed by atoms with E-state index >= 15 is 0 Å². The van der Waals surface area contributed by atoms with Crippen LogP contribution in [0.1, 0.15) is 26.7 Å². The molecule has 3 nitrogen and oxygen atoms in total. The summed E-state index contributed by atoms with van der Waals surface area (Å²) in [5.74, 6) is 0.0607. The van der Waals surface area contributed by atoms with Crippen LogP contribution in [0.3, 0.4) is 0 Å². The standard InChI is InChI=1S/C8H18N2OS2/c1-6(11)9-8(2)4-7(5-8)10-13(3)12/h7,10,12-13H,4-5H2,1-3H3,(H,9,11)/t7-,8-. The predicted octanol–water partition coefficient (Wildman–Crippen LogP) is 1.02. The zero-order valence-electron chi connectivity index (χ0n) is 8.29. The third kappa shape index (κ3) is 3.40. The average Bonchev–Trinajstić information content (AvgIpc) is 1.79. The third-order valence-corrected chi connectivity index (χ3v) is 3.33. The first-order valence-electron chi connectivity index (χ1n) is 4.39. The van der Waals surface area contributed by atoms with E-state index in [1.807, 2.05) is 0 Å². The number of rotatable bonds is 3. The lowest BCUT2D eigenvalue weighted by Crippen LogP contribution is -2.60. The SMILES string of the molecule is CC(=O)N[C@]1(C)C[C@@H](N[SH](C)S)C1. The molecule has 0 aliphatic heterocycles. The maximum absolute atomic E-state index is 10.8. The molecule has 0 aromatic rings. The molecule has 0 aromatic carbocycles. The molecule has 1 unspecified atom stereocenters. The van der Waals surface area contributed by atoms with Crippen LogP contribution in [0.5, 0.6) is 0 Å². The second-order valence-electron chi connectivity index (χ2n) is 4.00. The number of thiol groups is 2. The molecule has 78 valence electrons. The second kappa shape index (κ2) is 4.11. The molecule has 1 amide bonds. The monoisotopic (exact) mass is 222 g/mol. The van der Waals surface area contributed by atoms with Gasteiger partial charge in [-0.05, 0) is 26.0 Å². The number of carbonyl (C=O) groups is 1. The van der Waals surface area contributed by atoms with Crippen LogP contribution in [0, 0.1) is 0 Å². The predicted molar refractivity (Wildman–Crippen MR) is 62.3 cm³/mol. The number of amides is 1. The van der Waals surface area contributed by atoms with Crippen molar-refractivity contribution in [1.29, 1.82) is 0 Å². The van der Waals surface area contributed by atoms with Crippen LogP contribution < -0.4 is 10.0 Å². The maximum atomic E-state index is 10.8. The van der Waals surface area contributed by atoms with Crippen molar-refractivity contribution < 1.29 is 4.79 Å². The lowest BCUT2D eigenvalue weighted by molar-refractivity contribution is -0.121. The van der Waals surface area contributed by atoms with Crippen molar-refractivity contribution in [3.05, 3.63) is 0 Å². The number of hydrogen-bond donors (Lipinski definition) is 4. The van der Waals surface area contributed by atoms with E-state index in [9.17, 15) is 4.79 Å². The molecule has 2 N–H and O–H groups in total. The van der Waals surface area contributed by atoms with Gasteiger partial charge in [0.1, 0.15) is 0 Å². The average molecular weight is 222 g/mol. The number of carbonyl (C=O) groups excluding carboxylic acids is 1. The lowest BCUT2D eigenvalue weighted by atomic mass is 9.74. The van der Waals surface area contributed by atoms with Crippen molar-refractivity contribution in [3.8, 4) is 0 Å². The van der Waals surface area contributed by atoms with Gasteiger partial charge in [0.25, 0.3) is 0 Å². The molecule has 1 saturated carbocycles. The maximum Gasteiger partial charge on any atom is 0.217 e. The molecule has 1 aliphatic carbocycles. The van der Waals surface area contributed by atoms with Crippen LogP contribution in [0.4, 0.5) is 0 Å². The highest BCUT2D eigenvalue weighted by Gasteiger charge is 2.40. The van der Waals surface area contributed by atoms with Crippen LogP contribution in [0.2, 0.25) is 0 Å². The first kappa shape index (κ1) is 11.2. The fourth-order valence-corrected chi connectivity index (χ4v) is 3.11. The van der Waals surface area contributed by atoms with Crippen LogP contribution in [0.15, 0.2) is 0 Å². The quantitative estimate of drug-likeness (QED) is 0.425. The van der Waals surface area contributed by atoms with Gasteiger partial charge in [-0.15, -0.1) is 11.7 Å². The molecule has 1 rings (SSSR count). The largest absolute Gasteiger partial charge is 0.351 e. The summed E-state index contributed by atoms with van der Waals surface area (Å²) in [6, 6.07) is 0.533. The molecular formula is C8H18N2OS2. The second-order valence-corrected chi connectivity index (χ2v) is 7.11. The van der Waals surface area contributed by atoms with Crippen LogP contribution in [-0.2, 0) is 4.79 Å². The zero-order valence-corrected chi connectivity index (χ0v) is 10.1. The minimum absolute atomic E-state index is 0.0165. The van der Waals surface area contributed by atoms with E-state index in [2.05, 4.69) is 34.9 Å². The molecule has 0 aromatic heterocycles. The van der Waals surface area contributed by atoms with Gasteiger partial charge in [0.05, 0.1) is 0 Å². The summed E-state index contributed by atoms with van der Waals surface area (Å²) in [5.41, 5.74) is 0.0165. The van der Waals surface area contributed by atoms with E-state index in [1.165, 1.54) is 0 Å². The van der Waals surface area contributed by atoms with Gasteiger partial charge in [0, 0.05) is 18.5 Å². The van der Waals surface area contributed by atoms with Crippen LogP contribution in [0.25, 0.3) is 0 Å². The summed E-state index contributed by atoms with van der Waals surface area (Å²) < 4.78 is 3.39.